The molecule has 6 nitrogen and oxygen atoms in total. The largest absolute Gasteiger partial charge is 0.289 e. The molecule has 168 valence electrons. The first-order chi connectivity index (χ1) is 17.2. The summed E-state index contributed by atoms with van der Waals surface area (Å²) in [5.74, 6) is 5.19. The number of nitro groups is 1. The van der Waals surface area contributed by atoms with Gasteiger partial charge in [-0.25, -0.2) is 4.68 Å². The summed E-state index contributed by atoms with van der Waals surface area (Å²) in [6.45, 7) is 0. The molecule has 0 amide bonds. The first-order valence-electron chi connectivity index (χ1n) is 11.0. The number of fused-ring (bicyclic) bond motifs is 1. The van der Waals surface area contributed by atoms with Crippen LogP contribution < -0.4 is 0 Å². The average molecular weight is 457 g/mol. The lowest BCUT2D eigenvalue weighted by Crippen LogP contribution is -2.38. The predicted molar refractivity (Wildman–Crippen MR) is 134 cm³/mol. The summed E-state index contributed by atoms with van der Waals surface area (Å²) in [6.07, 6.45) is 0.487. The molecule has 0 radical (unpaired) electrons. The van der Waals surface area contributed by atoms with Gasteiger partial charge in [0.15, 0.2) is 6.29 Å². The Labute approximate surface area is 201 Å². The Hall–Kier alpha value is -5.02. The third kappa shape index (κ3) is 3.65. The number of carbonyl (C=O) groups is 1. The zero-order chi connectivity index (χ0) is 24.3. The molecular weight excluding hydrogens is 438 g/mol. The normalized spacial score (nSPS) is 11.0. The van der Waals surface area contributed by atoms with E-state index in [2.05, 4.69) is 11.8 Å². The molecular formula is C29H19N3O3. The minimum atomic E-state index is -0.917. The molecule has 0 bridgehead atoms. The Kier molecular flexibility index (Phi) is 5.66. The summed E-state index contributed by atoms with van der Waals surface area (Å²) in [7, 11) is 0. The number of benzene rings is 4. The van der Waals surface area contributed by atoms with Crippen LogP contribution in [-0.4, -0.2) is 21.0 Å². The first kappa shape index (κ1) is 21.8. The number of hydrogen-bond acceptors (Lipinski definition) is 4. The van der Waals surface area contributed by atoms with E-state index in [1.807, 2.05) is 95.7 Å². The van der Waals surface area contributed by atoms with E-state index in [4.69, 9.17) is 5.10 Å². The van der Waals surface area contributed by atoms with E-state index in [0.29, 0.717) is 22.9 Å². The van der Waals surface area contributed by atoms with Crippen LogP contribution in [0.3, 0.4) is 0 Å². The summed E-state index contributed by atoms with van der Waals surface area (Å²) >= 11 is 0. The van der Waals surface area contributed by atoms with Crippen molar-refractivity contribution in [3.63, 3.8) is 0 Å². The number of non-ortho nitro benzene ring substituents is 1. The second-order valence-electron chi connectivity index (χ2n) is 7.91. The van der Waals surface area contributed by atoms with Crippen LogP contribution in [0.2, 0.25) is 0 Å². The van der Waals surface area contributed by atoms with Crippen LogP contribution in [0.15, 0.2) is 109 Å². The van der Waals surface area contributed by atoms with E-state index in [0.717, 1.165) is 16.7 Å². The van der Waals surface area contributed by atoms with Crippen molar-refractivity contribution in [1.29, 1.82) is 0 Å². The molecule has 5 rings (SSSR count). The molecule has 0 aliphatic rings. The van der Waals surface area contributed by atoms with E-state index >= 15 is 0 Å². The van der Waals surface area contributed by atoms with Crippen molar-refractivity contribution in [2.24, 2.45) is 0 Å². The zero-order valence-corrected chi connectivity index (χ0v) is 18.5. The van der Waals surface area contributed by atoms with Crippen LogP contribution >= 0.6 is 0 Å². The van der Waals surface area contributed by atoms with E-state index in [9.17, 15) is 14.9 Å². The fourth-order valence-electron chi connectivity index (χ4n) is 4.57. The van der Waals surface area contributed by atoms with Gasteiger partial charge in [0, 0.05) is 17.5 Å². The fourth-order valence-corrected chi connectivity index (χ4v) is 4.57. The van der Waals surface area contributed by atoms with Crippen LogP contribution in [0.4, 0.5) is 5.69 Å². The SMILES string of the molecule is O=CC#Cc1nn(C(c2ccccc2)(c2ccccc2)c2ccccc2)c2ccc([N+](=O)[O-])cc12. The minimum absolute atomic E-state index is 0.0732. The summed E-state index contributed by atoms with van der Waals surface area (Å²) in [6, 6.07) is 34.5. The number of carbonyl (C=O) groups excluding carboxylic acids is 1. The van der Waals surface area contributed by atoms with Gasteiger partial charge in [0.05, 0.1) is 10.4 Å². The van der Waals surface area contributed by atoms with Gasteiger partial charge < -0.3 is 0 Å². The summed E-state index contributed by atoms with van der Waals surface area (Å²) in [4.78, 5) is 22.1. The lowest BCUT2D eigenvalue weighted by molar-refractivity contribution is -0.384. The second kappa shape index (κ2) is 9.08. The Morgan fingerprint density at radius 2 is 1.31 bits per heavy atom. The van der Waals surface area contributed by atoms with Crippen molar-refractivity contribution >= 4 is 22.9 Å². The van der Waals surface area contributed by atoms with Gasteiger partial charge in [-0.15, -0.1) is 0 Å². The van der Waals surface area contributed by atoms with E-state index in [1.165, 1.54) is 12.1 Å². The summed E-state index contributed by atoms with van der Waals surface area (Å²) in [5.41, 5.74) is 2.82. The van der Waals surface area contributed by atoms with Crippen LogP contribution in [0.5, 0.6) is 0 Å². The van der Waals surface area contributed by atoms with Crippen molar-refractivity contribution in [2.45, 2.75) is 5.54 Å². The third-order valence-electron chi connectivity index (χ3n) is 6.02. The molecule has 35 heavy (non-hydrogen) atoms. The van der Waals surface area contributed by atoms with Gasteiger partial charge in [-0.3, -0.25) is 14.9 Å². The molecule has 0 spiro atoms. The van der Waals surface area contributed by atoms with E-state index in [1.54, 1.807) is 6.07 Å². The molecule has 0 saturated carbocycles. The van der Waals surface area contributed by atoms with Crippen LogP contribution in [0.1, 0.15) is 22.4 Å². The van der Waals surface area contributed by atoms with Crippen LogP contribution in [0, 0.1) is 22.0 Å². The fraction of sp³-hybridized carbons (Fsp3) is 0.0345. The van der Waals surface area contributed by atoms with Crippen molar-refractivity contribution in [1.82, 2.24) is 9.78 Å². The number of aldehydes is 1. The molecule has 1 aromatic heterocycles. The Morgan fingerprint density at radius 1 is 0.800 bits per heavy atom. The van der Waals surface area contributed by atoms with Gasteiger partial charge in [-0.1, -0.05) is 91.0 Å². The molecule has 5 aromatic rings. The summed E-state index contributed by atoms with van der Waals surface area (Å²) < 4.78 is 1.86. The molecule has 0 aliphatic heterocycles. The maximum Gasteiger partial charge on any atom is 0.270 e. The standard InChI is InChI=1S/C29H19N3O3/c33-20-10-17-27-26-21-25(32(34)35)18-19-28(26)31(30-27)29(22-11-4-1-5-12-22,23-13-6-2-7-14-23)24-15-8-3-9-16-24/h1-9,11-16,18-21H. The highest BCUT2D eigenvalue weighted by Gasteiger charge is 2.41. The molecule has 0 N–H and O–H groups in total. The number of aromatic nitrogens is 2. The van der Waals surface area contributed by atoms with Crippen LogP contribution in [0.25, 0.3) is 10.9 Å². The Bertz CT molecular complexity index is 1490. The highest BCUT2D eigenvalue weighted by molar-refractivity contribution is 5.89. The number of nitrogens with zero attached hydrogens (tertiary/aromatic N) is 3. The van der Waals surface area contributed by atoms with E-state index in [-0.39, 0.29) is 5.69 Å². The molecule has 6 heteroatoms. The third-order valence-corrected chi connectivity index (χ3v) is 6.02. The maximum atomic E-state index is 11.5. The topological polar surface area (TPSA) is 78.0 Å². The van der Waals surface area contributed by atoms with Gasteiger partial charge in [-0.2, -0.15) is 5.10 Å². The van der Waals surface area contributed by atoms with Crippen molar-refractivity contribution in [2.75, 3.05) is 0 Å². The average Bonchev–Trinajstić information content (AvgIpc) is 3.28. The zero-order valence-electron chi connectivity index (χ0n) is 18.5. The quantitative estimate of drug-likeness (QED) is 0.117. The Morgan fingerprint density at radius 3 is 1.77 bits per heavy atom. The van der Waals surface area contributed by atoms with Gasteiger partial charge in [0.1, 0.15) is 11.2 Å². The number of nitro benzene ring substituents is 1. The maximum absolute atomic E-state index is 11.5. The highest BCUT2D eigenvalue weighted by atomic mass is 16.6. The lowest BCUT2D eigenvalue weighted by atomic mass is 9.77. The van der Waals surface area contributed by atoms with Crippen LogP contribution in [-0.2, 0) is 10.3 Å². The summed E-state index contributed by atoms with van der Waals surface area (Å²) in [5, 5.41) is 16.9. The Balaban J connectivity index is 1.98. The molecule has 0 unspecified atom stereocenters. The van der Waals surface area contributed by atoms with Crippen molar-refractivity contribution in [3.05, 3.63) is 142 Å². The highest BCUT2D eigenvalue weighted by Crippen LogP contribution is 2.43. The molecule has 1 heterocycles. The van der Waals surface area contributed by atoms with E-state index < -0.39 is 10.5 Å². The van der Waals surface area contributed by atoms with Gasteiger partial charge in [0.25, 0.3) is 5.69 Å². The van der Waals surface area contributed by atoms with Gasteiger partial charge >= 0.3 is 0 Å². The first-order valence-corrected chi connectivity index (χ1v) is 11.0. The van der Waals surface area contributed by atoms with Crippen molar-refractivity contribution in [3.8, 4) is 11.8 Å². The molecule has 0 fully saturated rings. The minimum Gasteiger partial charge on any atom is -0.289 e. The predicted octanol–water partition coefficient (Wildman–Crippen LogP) is 5.34. The molecule has 4 aromatic carbocycles. The van der Waals surface area contributed by atoms with Gasteiger partial charge in [0.2, 0.25) is 0 Å². The lowest BCUT2D eigenvalue weighted by Gasteiger charge is -2.37. The van der Waals surface area contributed by atoms with Crippen molar-refractivity contribution < 1.29 is 9.72 Å². The number of hydrogen-bond donors (Lipinski definition) is 0. The molecule has 0 saturated heterocycles. The number of rotatable bonds is 5. The monoisotopic (exact) mass is 457 g/mol. The van der Waals surface area contributed by atoms with Gasteiger partial charge in [-0.05, 0) is 34.6 Å². The molecule has 0 aliphatic carbocycles. The molecule has 0 atom stereocenters. The smallest absolute Gasteiger partial charge is 0.270 e. The second-order valence-corrected chi connectivity index (χ2v) is 7.91.